The number of carbonyl (C=O) groups excluding carboxylic acids is 1. The molecule has 1 saturated heterocycles. The molecule has 0 aliphatic carbocycles. The lowest BCUT2D eigenvalue weighted by Crippen LogP contribution is -2.31. The van der Waals surface area contributed by atoms with E-state index >= 15 is 0 Å². The number of nitrogens with zero attached hydrogens (tertiary/aromatic N) is 1. The summed E-state index contributed by atoms with van der Waals surface area (Å²) in [5.74, 6) is 0.965. The van der Waals surface area contributed by atoms with E-state index in [1.807, 2.05) is 24.3 Å². The summed E-state index contributed by atoms with van der Waals surface area (Å²) < 4.78 is 16.9. The van der Waals surface area contributed by atoms with Crippen LogP contribution in [-0.4, -0.2) is 37.3 Å². The molecule has 0 radical (unpaired) electrons. The van der Waals surface area contributed by atoms with Gasteiger partial charge in [-0.05, 0) is 48.7 Å². The van der Waals surface area contributed by atoms with E-state index in [4.69, 9.17) is 37.4 Å². The average molecular weight is 493 g/mol. The fourth-order valence-corrected chi connectivity index (χ4v) is 4.44. The first kappa shape index (κ1) is 22.9. The maximum atomic E-state index is 12.4. The number of rotatable bonds is 8. The topological polar surface area (TPSA) is 69.7 Å². The Morgan fingerprint density at radius 2 is 2.09 bits per heavy atom. The zero-order chi connectivity index (χ0) is 22.5. The molecule has 1 atom stereocenters. The molecule has 1 aliphatic rings. The van der Waals surface area contributed by atoms with E-state index in [-0.39, 0.29) is 12.0 Å². The van der Waals surface area contributed by atoms with Crippen LogP contribution in [0.3, 0.4) is 0 Å². The number of amides is 1. The Balaban J connectivity index is 1.41. The fourth-order valence-electron chi connectivity index (χ4n) is 3.32. The molecule has 1 N–H and O–H groups in total. The normalized spacial score (nSPS) is 15.5. The van der Waals surface area contributed by atoms with Crippen molar-refractivity contribution < 1.29 is 19.0 Å². The zero-order valence-electron chi connectivity index (χ0n) is 17.4. The number of thiazole rings is 1. The Bertz CT molecular complexity index is 1100. The number of aromatic nitrogens is 1. The predicted molar refractivity (Wildman–Crippen MR) is 126 cm³/mol. The first-order valence-electron chi connectivity index (χ1n) is 10.1. The standard InChI is InChI=1S/C23H22Cl2N2O4S/c1-29-21-10-15(5-7-20(21)31-12-14-4-6-17(24)18(25)9-14)23-27-19(13-32-23)22(28)26-11-16-3-2-8-30-16/h4-7,9-10,13,16H,2-3,8,11-12H2,1H3,(H,26,28). The summed E-state index contributed by atoms with van der Waals surface area (Å²) in [7, 11) is 1.58. The highest BCUT2D eigenvalue weighted by Crippen LogP contribution is 2.34. The quantitative estimate of drug-likeness (QED) is 0.442. The van der Waals surface area contributed by atoms with Gasteiger partial charge >= 0.3 is 0 Å². The molecule has 0 spiro atoms. The van der Waals surface area contributed by atoms with E-state index in [2.05, 4.69) is 10.3 Å². The number of benzene rings is 2. The first-order chi connectivity index (χ1) is 15.5. The highest BCUT2D eigenvalue weighted by atomic mass is 35.5. The average Bonchev–Trinajstić information content (AvgIpc) is 3.50. The van der Waals surface area contributed by atoms with Gasteiger partial charge in [0.25, 0.3) is 5.91 Å². The Morgan fingerprint density at radius 3 is 2.84 bits per heavy atom. The number of carbonyl (C=O) groups is 1. The van der Waals surface area contributed by atoms with Crippen molar-refractivity contribution in [1.29, 1.82) is 0 Å². The molecular formula is C23H22Cl2N2O4S. The third kappa shape index (κ3) is 5.53. The van der Waals surface area contributed by atoms with Gasteiger partial charge in [-0.15, -0.1) is 11.3 Å². The summed E-state index contributed by atoms with van der Waals surface area (Å²) in [5.41, 5.74) is 2.12. The number of hydrogen-bond acceptors (Lipinski definition) is 6. The second kappa shape index (κ2) is 10.5. The van der Waals surface area contributed by atoms with Gasteiger partial charge in [0.05, 0.1) is 23.3 Å². The summed E-state index contributed by atoms with van der Waals surface area (Å²) in [6.07, 6.45) is 2.11. The molecule has 2 heterocycles. The van der Waals surface area contributed by atoms with Gasteiger partial charge in [-0.25, -0.2) is 4.98 Å². The molecule has 6 nitrogen and oxygen atoms in total. The van der Waals surface area contributed by atoms with Crippen molar-refractivity contribution in [3.05, 3.63) is 63.1 Å². The molecular weight excluding hydrogens is 471 g/mol. The molecule has 1 amide bonds. The summed E-state index contributed by atoms with van der Waals surface area (Å²) >= 11 is 13.4. The van der Waals surface area contributed by atoms with Gasteiger partial charge in [0.2, 0.25) is 0 Å². The Kier molecular flexibility index (Phi) is 7.52. The van der Waals surface area contributed by atoms with E-state index in [0.717, 1.165) is 35.6 Å². The second-order valence-corrected chi connectivity index (χ2v) is 8.96. The smallest absolute Gasteiger partial charge is 0.270 e. The van der Waals surface area contributed by atoms with Crippen LogP contribution >= 0.6 is 34.5 Å². The zero-order valence-corrected chi connectivity index (χ0v) is 19.7. The van der Waals surface area contributed by atoms with Crippen molar-refractivity contribution in [3.8, 4) is 22.1 Å². The van der Waals surface area contributed by atoms with Crippen LogP contribution in [0.15, 0.2) is 41.8 Å². The van der Waals surface area contributed by atoms with Crippen LogP contribution < -0.4 is 14.8 Å². The third-order valence-electron chi connectivity index (χ3n) is 5.04. The van der Waals surface area contributed by atoms with Crippen molar-refractivity contribution in [2.75, 3.05) is 20.3 Å². The molecule has 3 aromatic rings. The minimum absolute atomic E-state index is 0.0951. The Labute approximate surface area is 200 Å². The van der Waals surface area contributed by atoms with Crippen molar-refractivity contribution >= 4 is 40.4 Å². The van der Waals surface area contributed by atoms with Crippen molar-refractivity contribution in [1.82, 2.24) is 10.3 Å². The van der Waals surface area contributed by atoms with E-state index in [9.17, 15) is 4.79 Å². The van der Waals surface area contributed by atoms with Crippen LogP contribution in [-0.2, 0) is 11.3 Å². The van der Waals surface area contributed by atoms with Crippen molar-refractivity contribution in [3.63, 3.8) is 0 Å². The SMILES string of the molecule is COc1cc(-c2nc(C(=O)NCC3CCCO3)cs2)ccc1OCc1ccc(Cl)c(Cl)c1. The van der Waals surface area contributed by atoms with Crippen LogP contribution in [0, 0.1) is 0 Å². The second-order valence-electron chi connectivity index (χ2n) is 7.29. The van der Waals surface area contributed by atoms with Gasteiger partial charge in [-0.2, -0.15) is 0 Å². The lowest BCUT2D eigenvalue weighted by molar-refractivity contribution is 0.0854. The summed E-state index contributed by atoms with van der Waals surface area (Å²) in [5, 5.41) is 6.35. The van der Waals surface area contributed by atoms with Crippen LogP contribution in [0.5, 0.6) is 11.5 Å². The Hall–Kier alpha value is -2.32. The molecule has 32 heavy (non-hydrogen) atoms. The lowest BCUT2D eigenvalue weighted by atomic mass is 10.2. The molecule has 1 aromatic heterocycles. The molecule has 0 bridgehead atoms. The third-order valence-corrected chi connectivity index (χ3v) is 6.67. The number of methoxy groups -OCH3 is 1. The van der Waals surface area contributed by atoms with Gasteiger partial charge in [-0.3, -0.25) is 4.79 Å². The van der Waals surface area contributed by atoms with Crippen LogP contribution in [0.1, 0.15) is 28.9 Å². The van der Waals surface area contributed by atoms with Crippen LogP contribution in [0.25, 0.3) is 10.6 Å². The maximum Gasteiger partial charge on any atom is 0.270 e. The van der Waals surface area contributed by atoms with Gasteiger partial charge in [0.15, 0.2) is 11.5 Å². The van der Waals surface area contributed by atoms with E-state index in [1.54, 1.807) is 24.6 Å². The van der Waals surface area contributed by atoms with Crippen LogP contribution in [0.4, 0.5) is 0 Å². The van der Waals surface area contributed by atoms with E-state index in [1.165, 1.54) is 11.3 Å². The fraction of sp³-hybridized carbons (Fsp3) is 0.304. The van der Waals surface area contributed by atoms with Gasteiger partial charge in [0, 0.05) is 24.1 Å². The monoisotopic (exact) mass is 492 g/mol. The van der Waals surface area contributed by atoms with Crippen molar-refractivity contribution in [2.45, 2.75) is 25.6 Å². The molecule has 9 heteroatoms. The van der Waals surface area contributed by atoms with Gasteiger partial charge < -0.3 is 19.5 Å². The van der Waals surface area contributed by atoms with E-state index < -0.39 is 0 Å². The number of hydrogen-bond donors (Lipinski definition) is 1. The number of halogens is 2. The Morgan fingerprint density at radius 1 is 1.22 bits per heavy atom. The molecule has 2 aromatic carbocycles. The maximum absolute atomic E-state index is 12.4. The minimum Gasteiger partial charge on any atom is -0.493 e. The molecule has 1 unspecified atom stereocenters. The largest absolute Gasteiger partial charge is 0.493 e. The first-order valence-corrected chi connectivity index (χ1v) is 11.8. The molecule has 168 valence electrons. The summed E-state index contributed by atoms with van der Waals surface area (Å²) in [6, 6.07) is 10.9. The molecule has 1 aliphatic heterocycles. The van der Waals surface area contributed by atoms with Gasteiger partial charge in [0.1, 0.15) is 17.3 Å². The summed E-state index contributed by atoms with van der Waals surface area (Å²) in [6.45, 7) is 1.58. The number of nitrogens with one attached hydrogen (secondary N) is 1. The van der Waals surface area contributed by atoms with E-state index in [0.29, 0.717) is 40.4 Å². The minimum atomic E-state index is -0.198. The highest BCUT2D eigenvalue weighted by Gasteiger charge is 2.18. The molecule has 1 fully saturated rings. The number of ether oxygens (including phenoxy) is 3. The molecule has 0 saturated carbocycles. The van der Waals surface area contributed by atoms with Crippen LogP contribution in [0.2, 0.25) is 10.0 Å². The van der Waals surface area contributed by atoms with Crippen molar-refractivity contribution in [2.24, 2.45) is 0 Å². The molecule has 4 rings (SSSR count). The lowest BCUT2D eigenvalue weighted by Gasteiger charge is -2.12. The summed E-state index contributed by atoms with van der Waals surface area (Å²) in [4.78, 5) is 16.9. The van der Waals surface area contributed by atoms with Gasteiger partial charge in [-0.1, -0.05) is 29.3 Å². The predicted octanol–water partition coefficient (Wildman–Crippen LogP) is 5.61. The highest BCUT2D eigenvalue weighted by molar-refractivity contribution is 7.13.